The van der Waals surface area contributed by atoms with E-state index < -0.39 is 0 Å². The summed E-state index contributed by atoms with van der Waals surface area (Å²) in [6, 6.07) is 52.6. The highest BCUT2D eigenvalue weighted by atomic mass is 14.8. The number of hydrogen-bond donors (Lipinski definition) is 0. The lowest BCUT2D eigenvalue weighted by atomic mass is 10.00. The van der Waals surface area contributed by atoms with Gasteiger partial charge in [-0.2, -0.15) is 0 Å². The number of fused-ring (bicyclic) bond motifs is 6. The Kier molecular flexibility index (Phi) is 6.42. The Morgan fingerprint density at radius 1 is 0.300 bits per heavy atom. The highest BCUT2D eigenvalue weighted by Gasteiger charge is 2.10. The van der Waals surface area contributed by atoms with Gasteiger partial charge in [-0.1, -0.05) is 91.0 Å². The van der Waals surface area contributed by atoms with Crippen molar-refractivity contribution in [1.82, 2.24) is 24.9 Å². The van der Waals surface area contributed by atoms with Crippen molar-refractivity contribution in [2.45, 2.75) is 0 Å². The number of benzene rings is 5. The second-order valence-electron chi connectivity index (χ2n) is 12.6. The monoisotopic (exact) mass is 637 g/mol. The Balaban J connectivity index is 0.916. The molecule has 0 saturated heterocycles. The van der Waals surface area contributed by atoms with Crippen molar-refractivity contribution < 1.29 is 0 Å². The molecule has 0 aliphatic rings. The molecular formula is C45H27N5. The predicted molar refractivity (Wildman–Crippen MR) is 205 cm³/mol. The summed E-state index contributed by atoms with van der Waals surface area (Å²) in [5.74, 6) is 0. The zero-order valence-corrected chi connectivity index (χ0v) is 26.8. The average Bonchev–Trinajstić information content (AvgIpc) is 3.19. The van der Waals surface area contributed by atoms with Crippen LogP contribution in [0.25, 0.3) is 99.4 Å². The van der Waals surface area contributed by atoms with Gasteiger partial charge in [-0.25, -0.2) is 15.0 Å². The number of nitrogens with zero attached hydrogens (tertiary/aromatic N) is 5. The van der Waals surface area contributed by atoms with Crippen molar-refractivity contribution in [3.8, 4) is 44.9 Å². The molecule has 5 heterocycles. The molecule has 0 bridgehead atoms. The van der Waals surface area contributed by atoms with Gasteiger partial charge >= 0.3 is 0 Å². The van der Waals surface area contributed by atoms with Crippen LogP contribution in [0.3, 0.4) is 0 Å². The van der Waals surface area contributed by atoms with Crippen molar-refractivity contribution in [2.24, 2.45) is 0 Å². The molecule has 0 aliphatic carbocycles. The maximum Gasteiger partial charge on any atom is 0.0972 e. The van der Waals surface area contributed by atoms with Crippen LogP contribution in [-0.4, -0.2) is 24.9 Å². The lowest BCUT2D eigenvalue weighted by Gasteiger charge is -2.09. The van der Waals surface area contributed by atoms with E-state index in [0.29, 0.717) is 0 Å². The van der Waals surface area contributed by atoms with Crippen LogP contribution in [0.1, 0.15) is 0 Å². The summed E-state index contributed by atoms with van der Waals surface area (Å²) in [6.45, 7) is 0. The Labute approximate surface area is 287 Å². The van der Waals surface area contributed by atoms with Crippen molar-refractivity contribution in [1.29, 1.82) is 0 Å². The number of para-hydroxylation sites is 1. The van der Waals surface area contributed by atoms with Crippen LogP contribution < -0.4 is 0 Å². The fourth-order valence-corrected chi connectivity index (χ4v) is 6.84. The number of aromatic nitrogens is 5. The fraction of sp³-hybridized carbons (Fsp3) is 0. The van der Waals surface area contributed by atoms with Gasteiger partial charge in [0.1, 0.15) is 0 Å². The summed E-state index contributed by atoms with van der Waals surface area (Å²) in [7, 11) is 0. The van der Waals surface area contributed by atoms with E-state index in [0.717, 1.165) is 99.4 Å². The van der Waals surface area contributed by atoms with Crippen molar-refractivity contribution in [2.75, 3.05) is 0 Å². The van der Waals surface area contributed by atoms with Crippen molar-refractivity contribution in [3.63, 3.8) is 0 Å². The van der Waals surface area contributed by atoms with Crippen LogP contribution in [0.2, 0.25) is 0 Å². The minimum atomic E-state index is 0.919. The topological polar surface area (TPSA) is 64.5 Å². The van der Waals surface area contributed by atoms with E-state index in [1.54, 1.807) is 0 Å². The van der Waals surface area contributed by atoms with E-state index >= 15 is 0 Å². The van der Waals surface area contributed by atoms with Crippen LogP contribution in [-0.2, 0) is 0 Å². The van der Waals surface area contributed by atoms with Crippen LogP contribution in [0.15, 0.2) is 164 Å². The maximum absolute atomic E-state index is 5.03. The molecule has 5 aromatic heterocycles. The maximum atomic E-state index is 5.03. The Morgan fingerprint density at radius 3 is 1.50 bits per heavy atom. The van der Waals surface area contributed by atoms with Crippen LogP contribution >= 0.6 is 0 Å². The molecule has 232 valence electrons. The van der Waals surface area contributed by atoms with Crippen molar-refractivity contribution in [3.05, 3.63) is 164 Å². The van der Waals surface area contributed by atoms with Crippen LogP contribution in [0.5, 0.6) is 0 Å². The summed E-state index contributed by atoms with van der Waals surface area (Å²) < 4.78 is 0. The minimum Gasteiger partial charge on any atom is -0.256 e. The van der Waals surface area contributed by atoms with Gasteiger partial charge in [0.25, 0.3) is 0 Å². The summed E-state index contributed by atoms with van der Waals surface area (Å²) in [5, 5.41) is 5.48. The van der Waals surface area contributed by atoms with Gasteiger partial charge in [0.15, 0.2) is 0 Å². The molecule has 5 nitrogen and oxygen atoms in total. The number of pyridine rings is 5. The summed E-state index contributed by atoms with van der Waals surface area (Å²) in [6.07, 6.45) is 3.72. The van der Waals surface area contributed by atoms with E-state index in [4.69, 9.17) is 15.0 Å². The second kappa shape index (κ2) is 11.4. The molecule has 10 rings (SSSR count). The minimum absolute atomic E-state index is 0.919. The molecule has 0 atom stereocenters. The molecule has 0 N–H and O–H groups in total. The lowest BCUT2D eigenvalue weighted by molar-refractivity contribution is 1.35. The molecule has 5 aromatic carbocycles. The third kappa shape index (κ3) is 4.92. The molecule has 0 spiro atoms. The quantitative estimate of drug-likeness (QED) is 0.180. The zero-order chi connectivity index (χ0) is 33.0. The predicted octanol–water partition coefficient (Wildman–Crippen LogP) is 11.1. The molecule has 0 aliphatic heterocycles. The molecule has 10 aromatic rings. The Bertz CT molecular complexity index is 2930. The zero-order valence-electron chi connectivity index (χ0n) is 26.8. The Morgan fingerprint density at radius 2 is 0.800 bits per heavy atom. The van der Waals surface area contributed by atoms with Crippen LogP contribution in [0, 0.1) is 0 Å². The van der Waals surface area contributed by atoms with E-state index in [2.05, 4.69) is 137 Å². The van der Waals surface area contributed by atoms with Gasteiger partial charge in [-0.15, -0.1) is 0 Å². The first kappa shape index (κ1) is 28.2. The first-order valence-corrected chi connectivity index (χ1v) is 16.6. The van der Waals surface area contributed by atoms with Gasteiger partial charge in [-0.3, -0.25) is 9.97 Å². The molecule has 0 radical (unpaired) electrons. The highest BCUT2D eigenvalue weighted by molar-refractivity contribution is 6.03. The van der Waals surface area contributed by atoms with Gasteiger partial charge in [0.05, 0.1) is 44.7 Å². The van der Waals surface area contributed by atoms with E-state index in [1.807, 2.05) is 36.7 Å². The van der Waals surface area contributed by atoms with E-state index in [9.17, 15) is 0 Å². The molecular weight excluding hydrogens is 611 g/mol. The van der Waals surface area contributed by atoms with E-state index in [-0.39, 0.29) is 0 Å². The largest absolute Gasteiger partial charge is 0.256 e. The van der Waals surface area contributed by atoms with Gasteiger partial charge in [-0.05, 0) is 71.8 Å². The fourth-order valence-electron chi connectivity index (χ4n) is 6.84. The summed E-state index contributed by atoms with van der Waals surface area (Å²) in [4.78, 5) is 24.2. The molecule has 0 unspecified atom stereocenters. The van der Waals surface area contributed by atoms with Crippen LogP contribution in [0.4, 0.5) is 0 Å². The Hall–Kier alpha value is -6.85. The van der Waals surface area contributed by atoms with Gasteiger partial charge < -0.3 is 0 Å². The standard InChI is InChI=1S/C45H27N5/c1-2-6-38-34(4-1)26-37(27-47-38)43-22-17-36-25-33(15-20-42(36)49-43)32-14-19-41-35(24-32)16-21-39(48-41)28-7-9-29(10-8-28)40-18-13-31-12-11-30-5-3-23-46-44(30)45(31)50-40/h1-27H. The normalized spacial score (nSPS) is 11.6. The number of rotatable bonds is 4. The molecule has 50 heavy (non-hydrogen) atoms. The third-order valence-electron chi connectivity index (χ3n) is 9.51. The molecule has 0 fully saturated rings. The number of hydrogen-bond acceptors (Lipinski definition) is 5. The SMILES string of the molecule is c1ccc2ncc(-c3ccc4cc(-c5ccc6nc(-c7ccc(-c8ccc9ccc%10cccnc%10c9n8)cc7)ccc6c5)ccc4n3)cc2c1. The third-order valence-corrected chi connectivity index (χ3v) is 9.51. The average molecular weight is 638 g/mol. The summed E-state index contributed by atoms with van der Waals surface area (Å²) in [5.41, 5.74) is 13.0. The first-order chi connectivity index (χ1) is 24.7. The highest BCUT2D eigenvalue weighted by Crippen LogP contribution is 2.31. The van der Waals surface area contributed by atoms with E-state index in [1.165, 1.54) is 0 Å². The van der Waals surface area contributed by atoms with Crippen molar-refractivity contribution >= 4 is 54.5 Å². The molecule has 0 amide bonds. The van der Waals surface area contributed by atoms with Gasteiger partial charge in [0, 0.05) is 56.0 Å². The smallest absolute Gasteiger partial charge is 0.0972 e. The first-order valence-electron chi connectivity index (χ1n) is 16.6. The summed E-state index contributed by atoms with van der Waals surface area (Å²) >= 11 is 0. The lowest BCUT2D eigenvalue weighted by Crippen LogP contribution is -1.90. The second-order valence-corrected chi connectivity index (χ2v) is 12.6. The molecule has 5 heteroatoms. The molecule has 0 saturated carbocycles. The van der Waals surface area contributed by atoms with Gasteiger partial charge in [0.2, 0.25) is 0 Å².